The molecule has 3 rings (SSSR count). The van der Waals surface area contributed by atoms with Gasteiger partial charge in [-0.05, 0) is 31.2 Å². The molecule has 0 bridgehead atoms. The van der Waals surface area contributed by atoms with Crippen LogP contribution < -0.4 is 14.8 Å². The van der Waals surface area contributed by atoms with Gasteiger partial charge in [0, 0.05) is 30.8 Å². The van der Waals surface area contributed by atoms with E-state index in [4.69, 9.17) is 9.47 Å². The molecule has 0 aromatic heterocycles. The van der Waals surface area contributed by atoms with E-state index in [9.17, 15) is 4.79 Å². The maximum atomic E-state index is 13.1. The SMILES string of the molecule is CCOc1cccc(C(=O)N2CCNCC2c2ccccc2OC)c1.Cl. The van der Waals surface area contributed by atoms with Gasteiger partial charge < -0.3 is 19.7 Å². The Balaban J connectivity index is 0.00000243. The van der Waals surface area contributed by atoms with Crippen molar-refractivity contribution in [1.82, 2.24) is 10.2 Å². The van der Waals surface area contributed by atoms with Crippen molar-refractivity contribution in [3.05, 3.63) is 59.7 Å². The Morgan fingerprint density at radius 2 is 2.04 bits per heavy atom. The lowest BCUT2D eigenvalue weighted by atomic mass is 10.0. The van der Waals surface area contributed by atoms with Crippen molar-refractivity contribution in [1.29, 1.82) is 0 Å². The number of para-hydroxylation sites is 1. The summed E-state index contributed by atoms with van der Waals surface area (Å²) in [5.41, 5.74) is 1.67. The van der Waals surface area contributed by atoms with Crippen LogP contribution in [0.5, 0.6) is 11.5 Å². The van der Waals surface area contributed by atoms with Crippen molar-refractivity contribution in [2.75, 3.05) is 33.4 Å². The van der Waals surface area contributed by atoms with E-state index in [1.54, 1.807) is 7.11 Å². The molecule has 0 aliphatic carbocycles. The smallest absolute Gasteiger partial charge is 0.254 e. The van der Waals surface area contributed by atoms with Crippen LogP contribution in [0.1, 0.15) is 28.9 Å². The van der Waals surface area contributed by atoms with E-state index in [1.807, 2.05) is 60.4 Å². The number of methoxy groups -OCH3 is 1. The molecule has 1 aliphatic rings. The molecule has 0 saturated carbocycles. The number of carbonyl (C=O) groups is 1. The lowest BCUT2D eigenvalue weighted by molar-refractivity contribution is 0.0631. The van der Waals surface area contributed by atoms with E-state index in [0.29, 0.717) is 25.3 Å². The molecule has 5 nitrogen and oxygen atoms in total. The molecule has 1 unspecified atom stereocenters. The van der Waals surface area contributed by atoms with Crippen LogP contribution in [0.4, 0.5) is 0 Å². The predicted molar refractivity (Wildman–Crippen MR) is 105 cm³/mol. The molecule has 1 heterocycles. The fraction of sp³-hybridized carbons (Fsp3) is 0.350. The first-order valence-electron chi connectivity index (χ1n) is 8.62. The number of amides is 1. The normalized spacial score (nSPS) is 16.5. The van der Waals surface area contributed by atoms with E-state index >= 15 is 0 Å². The van der Waals surface area contributed by atoms with Gasteiger partial charge in [-0.1, -0.05) is 24.3 Å². The van der Waals surface area contributed by atoms with Gasteiger partial charge in [-0.15, -0.1) is 12.4 Å². The molecule has 6 heteroatoms. The molecule has 1 aliphatic heterocycles. The van der Waals surface area contributed by atoms with Gasteiger partial charge in [-0.2, -0.15) is 0 Å². The molecule has 2 aromatic rings. The van der Waals surface area contributed by atoms with Gasteiger partial charge in [0.25, 0.3) is 5.91 Å². The average Bonchev–Trinajstić information content (AvgIpc) is 2.68. The minimum atomic E-state index is -0.0619. The Bertz CT molecular complexity index is 739. The van der Waals surface area contributed by atoms with E-state index in [-0.39, 0.29) is 24.4 Å². The van der Waals surface area contributed by atoms with Crippen molar-refractivity contribution < 1.29 is 14.3 Å². The Hall–Kier alpha value is -2.24. The number of hydrogen-bond acceptors (Lipinski definition) is 4. The highest BCUT2D eigenvalue weighted by Gasteiger charge is 2.30. The summed E-state index contributed by atoms with van der Waals surface area (Å²) in [6.07, 6.45) is 0. The largest absolute Gasteiger partial charge is 0.496 e. The zero-order chi connectivity index (χ0) is 17.6. The second kappa shape index (κ2) is 9.46. The van der Waals surface area contributed by atoms with Crippen molar-refractivity contribution in [2.45, 2.75) is 13.0 Å². The molecular formula is C20H25ClN2O3. The monoisotopic (exact) mass is 376 g/mol. The number of piperazine rings is 1. The van der Waals surface area contributed by atoms with E-state index in [2.05, 4.69) is 5.32 Å². The van der Waals surface area contributed by atoms with Crippen molar-refractivity contribution in [3.63, 3.8) is 0 Å². The van der Waals surface area contributed by atoms with Crippen LogP contribution in [-0.2, 0) is 0 Å². The molecule has 1 fully saturated rings. The number of carbonyl (C=O) groups excluding carboxylic acids is 1. The van der Waals surface area contributed by atoms with Crippen LogP contribution in [-0.4, -0.2) is 44.2 Å². The second-order valence-electron chi connectivity index (χ2n) is 5.92. The van der Waals surface area contributed by atoms with Crippen LogP contribution in [0, 0.1) is 0 Å². The Morgan fingerprint density at radius 3 is 2.81 bits per heavy atom. The topological polar surface area (TPSA) is 50.8 Å². The minimum absolute atomic E-state index is 0. The van der Waals surface area contributed by atoms with E-state index in [1.165, 1.54) is 0 Å². The maximum Gasteiger partial charge on any atom is 0.254 e. The first-order valence-corrected chi connectivity index (χ1v) is 8.62. The molecule has 140 valence electrons. The zero-order valence-electron chi connectivity index (χ0n) is 15.1. The van der Waals surface area contributed by atoms with Gasteiger partial charge in [0.1, 0.15) is 11.5 Å². The number of nitrogens with one attached hydrogen (secondary N) is 1. The first kappa shape index (κ1) is 20.1. The molecule has 1 saturated heterocycles. The third-order valence-electron chi connectivity index (χ3n) is 4.39. The number of benzene rings is 2. The Labute approximate surface area is 160 Å². The first-order chi connectivity index (χ1) is 12.2. The average molecular weight is 377 g/mol. The zero-order valence-corrected chi connectivity index (χ0v) is 15.9. The molecule has 0 spiro atoms. The highest BCUT2D eigenvalue weighted by atomic mass is 35.5. The number of halogens is 1. The van der Waals surface area contributed by atoms with Gasteiger partial charge in [0.05, 0.1) is 19.8 Å². The Morgan fingerprint density at radius 1 is 1.23 bits per heavy atom. The highest BCUT2D eigenvalue weighted by molar-refractivity contribution is 5.95. The summed E-state index contributed by atoms with van der Waals surface area (Å²) in [5, 5.41) is 3.38. The van der Waals surface area contributed by atoms with E-state index < -0.39 is 0 Å². The lowest BCUT2D eigenvalue weighted by Gasteiger charge is -2.37. The third kappa shape index (κ3) is 4.29. The summed E-state index contributed by atoms with van der Waals surface area (Å²) >= 11 is 0. The van der Waals surface area contributed by atoms with Crippen LogP contribution in [0.3, 0.4) is 0 Å². The third-order valence-corrected chi connectivity index (χ3v) is 4.39. The van der Waals surface area contributed by atoms with Crippen LogP contribution >= 0.6 is 12.4 Å². The molecular weight excluding hydrogens is 352 g/mol. The molecule has 2 aromatic carbocycles. The number of rotatable bonds is 5. The van der Waals surface area contributed by atoms with Crippen molar-refractivity contribution in [2.24, 2.45) is 0 Å². The molecule has 1 N–H and O–H groups in total. The summed E-state index contributed by atoms with van der Waals surface area (Å²) in [6, 6.07) is 15.2. The quantitative estimate of drug-likeness (QED) is 0.869. The highest BCUT2D eigenvalue weighted by Crippen LogP contribution is 2.31. The summed E-state index contributed by atoms with van der Waals surface area (Å²) in [4.78, 5) is 15.1. The Kier molecular flexibility index (Phi) is 7.30. The van der Waals surface area contributed by atoms with Gasteiger partial charge in [0.2, 0.25) is 0 Å². The standard InChI is InChI=1S/C20H24N2O3.ClH/c1-3-25-16-8-6-7-15(13-16)20(23)22-12-11-21-14-18(22)17-9-4-5-10-19(17)24-2;/h4-10,13,18,21H,3,11-12,14H2,1-2H3;1H. The maximum absolute atomic E-state index is 13.1. The van der Waals surface area contributed by atoms with Crippen LogP contribution in [0.2, 0.25) is 0 Å². The lowest BCUT2D eigenvalue weighted by Crippen LogP contribution is -2.48. The summed E-state index contributed by atoms with van der Waals surface area (Å²) < 4.78 is 11.0. The minimum Gasteiger partial charge on any atom is -0.496 e. The predicted octanol–water partition coefficient (Wildman–Crippen LogP) is 3.30. The number of ether oxygens (including phenoxy) is 2. The van der Waals surface area contributed by atoms with Gasteiger partial charge in [-0.25, -0.2) is 0 Å². The van der Waals surface area contributed by atoms with Crippen molar-refractivity contribution >= 4 is 18.3 Å². The number of hydrogen-bond donors (Lipinski definition) is 1. The molecule has 1 amide bonds. The van der Waals surface area contributed by atoms with Gasteiger partial charge in [0.15, 0.2) is 0 Å². The fourth-order valence-corrected chi connectivity index (χ4v) is 3.22. The summed E-state index contributed by atoms with van der Waals surface area (Å²) in [6.45, 7) is 4.65. The van der Waals surface area contributed by atoms with Gasteiger partial charge >= 0.3 is 0 Å². The summed E-state index contributed by atoms with van der Waals surface area (Å²) in [7, 11) is 1.66. The molecule has 0 radical (unpaired) electrons. The number of nitrogens with zero attached hydrogens (tertiary/aromatic N) is 1. The summed E-state index contributed by atoms with van der Waals surface area (Å²) in [5.74, 6) is 1.54. The van der Waals surface area contributed by atoms with E-state index in [0.717, 1.165) is 23.6 Å². The molecule has 26 heavy (non-hydrogen) atoms. The van der Waals surface area contributed by atoms with Gasteiger partial charge in [-0.3, -0.25) is 4.79 Å². The second-order valence-corrected chi connectivity index (χ2v) is 5.92. The molecule has 1 atom stereocenters. The fourth-order valence-electron chi connectivity index (χ4n) is 3.22. The van der Waals surface area contributed by atoms with Crippen molar-refractivity contribution in [3.8, 4) is 11.5 Å². The van der Waals surface area contributed by atoms with Crippen LogP contribution in [0.15, 0.2) is 48.5 Å². The van der Waals surface area contributed by atoms with Crippen LogP contribution in [0.25, 0.3) is 0 Å².